The van der Waals surface area contributed by atoms with Crippen LogP contribution in [0.1, 0.15) is 42.6 Å². The first kappa shape index (κ1) is 20.9. The van der Waals surface area contributed by atoms with Crippen molar-refractivity contribution in [1.29, 1.82) is 0 Å². The molecule has 3 aromatic rings. The number of fused-ring (bicyclic) bond motifs is 1. The standard InChI is InChI=1S/C23H24F3N5O/c1-14(16-4-3-5-17(10-16)23(24,25)26)28-21-19-11-18(12-27-20(19)15(2)29-30-21)31-8-6-22(13-31)7-9-32-22/h3-5,10-12,14H,6-9,13H2,1-2H3,(H,28,30)/t14-,22?/m1/s1. The molecule has 0 saturated carbocycles. The van der Waals surface area contributed by atoms with Crippen LogP contribution in [-0.2, 0) is 10.9 Å². The maximum absolute atomic E-state index is 13.1. The third-order valence-electron chi connectivity index (χ3n) is 6.49. The lowest BCUT2D eigenvalue weighted by molar-refractivity contribution is -0.137. The van der Waals surface area contributed by atoms with Crippen LogP contribution in [0.15, 0.2) is 36.5 Å². The molecule has 0 amide bonds. The predicted molar refractivity (Wildman–Crippen MR) is 116 cm³/mol. The van der Waals surface area contributed by atoms with Crippen LogP contribution in [0.3, 0.4) is 0 Å². The fourth-order valence-corrected chi connectivity index (χ4v) is 4.48. The fourth-order valence-electron chi connectivity index (χ4n) is 4.48. The Kier molecular flexibility index (Phi) is 4.96. The minimum atomic E-state index is -4.39. The summed E-state index contributed by atoms with van der Waals surface area (Å²) in [7, 11) is 0. The molecule has 4 heterocycles. The normalized spacial score (nSPS) is 21.7. The summed E-state index contributed by atoms with van der Waals surface area (Å²) in [5, 5.41) is 12.5. The van der Waals surface area contributed by atoms with Crippen molar-refractivity contribution in [3.8, 4) is 0 Å². The van der Waals surface area contributed by atoms with Gasteiger partial charge in [0.25, 0.3) is 0 Å². The zero-order valence-electron chi connectivity index (χ0n) is 17.9. The van der Waals surface area contributed by atoms with Crippen LogP contribution in [-0.4, -0.2) is 40.5 Å². The third-order valence-corrected chi connectivity index (χ3v) is 6.49. The molecular weight excluding hydrogens is 419 g/mol. The van der Waals surface area contributed by atoms with E-state index in [-0.39, 0.29) is 5.60 Å². The number of nitrogens with zero attached hydrogens (tertiary/aromatic N) is 4. The Morgan fingerprint density at radius 3 is 2.69 bits per heavy atom. The Bertz CT molecular complexity index is 1160. The highest BCUT2D eigenvalue weighted by Gasteiger charge is 2.44. The summed E-state index contributed by atoms with van der Waals surface area (Å²) in [5.41, 5.74) is 2.21. The van der Waals surface area contributed by atoms with Crippen molar-refractivity contribution in [3.05, 3.63) is 53.3 Å². The highest BCUT2D eigenvalue weighted by atomic mass is 19.4. The van der Waals surface area contributed by atoms with Gasteiger partial charge < -0.3 is 15.0 Å². The van der Waals surface area contributed by atoms with Crippen molar-refractivity contribution in [3.63, 3.8) is 0 Å². The SMILES string of the molecule is Cc1nnc(N[C@H](C)c2cccc(C(F)(F)F)c2)c2cc(N3CCC4(CCO4)C3)cnc12. The van der Waals surface area contributed by atoms with Crippen LogP contribution in [0, 0.1) is 6.92 Å². The van der Waals surface area contributed by atoms with Gasteiger partial charge in [0.05, 0.1) is 46.9 Å². The van der Waals surface area contributed by atoms with E-state index < -0.39 is 17.8 Å². The molecule has 1 N–H and O–H groups in total. The lowest BCUT2D eigenvalue weighted by atomic mass is 9.94. The highest BCUT2D eigenvalue weighted by Crippen LogP contribution is 2.39. The molecule has 2 aliphatic heterocycles. The second-order valence-corrected chi connectivity index (χ2v) is 8.67. The van der Waals surface area contributed by atoms with Gasteiger partial charge in [-0.2, -0.15) is 18.3 Å². The van der Waals surface area contributed by atoms with Crippen molar-refractivity contribution in [2.75, 3.05) is 29.9 Å². The van der Waals surface area contributed by atoms with Gasteiger partial charge in [0.2, 0.25) is 0 Å². The lowest BCUT2D eigenvalue weighted by Gasteiger charge is -2.38. The van der Waals surface area contributed by atoms with Crippen LogP contribution in [0.4, 0.5) is 24.7 Å². The largest absolute Gasteiger partial charge is 0.416 e. The van der Waals surface area contributed by atoms with Crippen LogP contribution >= 0.6 is 0 Å². The minimum absolute atomic E-state index is 0.0273. The van der Waals surface area contributed by atoms with E-state index >= 15 is 0 Å². The van der Waals surface area contributed by atoms with Gasteiger partial charge in [-0.3, -0.25) is 4.98 Å². The van der Waals surface area contributed by atoms with Gasteiger partial charge in [0.1, 0.15) is 0 Å². The maximum atomic E-state index is 13.1. The number of hydrogen-bond acceptors (Lipinski definition) is 6. The number of aryl methyl sites for hydroxylation is 1. The van der Waals surface area contributed by atoms with Crippen molar-refractivity contribution >= 4 is 22.4 Å². The molecule has 2 atom stereocenters. The van der Waals surface area contributed by atoms with Gasteiger partial charge in [-0.25, -0.2) is 0 Å². The summed E-state index contributed by atoms with van der Waals surface area (Å²) >= 11 is 0. The van der Waals surface area contributed by atoms with E-state index in [1.54, 1.807) is 13.0 Å². The van der Waals surface area contributed by atoms with Crippen molar-refractivity contribution in [1.82, 2.24) is 15.2 Å². The number of nitrogens with one attached hydrogen (secondary N) is 1. The van der Waals surface area contributed by atoms with Gasteiger partial charge in [-0.15, -0.1) is 5.10 Å². The fraction of sp³-hybridized carbons (Fsp3) is 0.435. The third kappa shape index (κ3) is 3.74. The molecule has 1 aromatic carbocycles. The molecule has 0 aliphatic carbocycles. The zero-order valence-corrected chi connectivity index (χ0v) is 17.9. The monoisotopic (exact) mass is 443 g/mol. The average molecular weight is 443 g/mol. The van der Waals surface area contributed by atoms with Crippen LogP contribution in [0.25, 0.3) is 10.9 Å². The Labute approximate surface area is 183 Å². The summed E-state index contributed by atoms with van der Waals surface area (Å²) in [6.45, 7) is 6.20. The summed E-state index contributed by atoms with van der Waals surface area (Å²) in [5.74, 6) is 0.499. The van der Waals surface area contributed by atoms with E-state index in [0.717, 1.165) is 61.3 Å². The molecule has 2 aliphatic rings. The summed E-state index contributed by atoms with van der Waals surface area (Å²) < 4.78 is 45.2. The number of anilines is 2. The number of hydrogen-bond donors (Lipinski definition) is 1. The highest BCUT2D eigenvalue weighted by molar-refractivity contribution is 5.92. The molecule has 168 valence electrons. The number of alkyl halides is 3. The maximum Gasteiger partial charge on any atom is 0.416 e. The molecule has 1 spiro atoms. The van der Waals surface area contributed by atoms with Crippen molar-refractivity contribution < 1.29 is 17.9 Å². The number of ether oxygens (including phenoxy) is 1. The molecule has 0 bridgehead atoms. The predicted octanol–water partition coefficient (Wildman–Crippen LogP) is 4.89. The number of pyridine rings is 1. The molecule has 0 radical (unpaired) electrons. The average Bonchev–Trinajstić information content (AvgIpc) is 3.21. The Balaban J connectivity index is 1.45. The second kappa shape index (κ2) is 7.58. The van der Waals surface area contributed by atoms with Crippen molar-refractivity contribution in [2.45, 2.75) is 44.5 Å². The van der Waals surface area contributed by atoms with Gasteiger partial charge in [-0.05, 0) is 44.0 Å². The van der Waals surface area contributed by atoms with Gasteiger partial charge in [-0.1, -0.05) is 12.1 Å². The van der Waals surface area contributed by atoms with E-state index in [1.807, 2.05) is 19.2 Å². The van der Waals surface area contributed by atoms with E-state index in [1.165, 1.54) is 6.07 Å². The first-order valence-corrected chi connectivity index (χ1v) is 10.7. The van der Waals surface area contributed by atoms with Gasteiger partial charge in [0.15, 0.2) is 5.82 Å². The number of halogens is 3. The quantitative estimate of drug-likeness (QED) is 0.619. The Morgan fingerprint density at radius 2 is 2.00 bits per heavy atom. The summed E-state index contributed by atoms with van der Waals surface area (Å²) in [6.07, 6.45) is -0.469. The van der Waals surface area contributed by atoms with Crippen LogP contribution in [0.5, 0.6) is 0 Å². The number of benzene rings is 1. The first-order chi connectivity index (χ1) is 15.2. The summed E-state index contributed by atoms with van der Waals surface area (Å²) in [4.78, 5) is 6.90. The lowest BCUT2D eigenvalue weighted by Crippen LogP contribution is -2.45. The molecular formula is C23H24F3N5O. The number of aromatic nitrogens is 3. The molecule has 2 saturated heterocycles. The molecule has 1 unspecified atom stereocenters. The topological polar surface area (TPSA) is 63.2 Å². The van der Waals surface area contributed by atoms with Gasteiger partial charge >= 0.3 is 6.18 Å². The molecule has 9 heteroatoms. The second-order valence-electron chi connectivity index (χ2n) is 8.67. The molecule has 32 heavy (non-hydrogen) atoms. The molecule has 2 fully saturated rings. The number of rotatable bonds is 4. The molecule has 2 aromatic heterocycles. The molecule has 6 nitrogen and oxygen atoms in total. The van der Waals surface area contributed by atoms with E-state index in [9.17, 15) is 13.2 Å². The van der Waals surface area contributed by atoms with Crippen LogP contribution in [0.2, 0.25) is 0 Å². The smallest absolute Gasteiger partial charge is 0.373 e. The Hall–Kier alpha value is -2.94. The van der Waals surface area contributed by atoms with E-state index in [4.69, 9.17) is 4.74 Å². The van der Waals surface area contributed by atoms with Crippen LogP contribution < -0.4 is 10.2 Å². The molecule has 5 rings (SSSR count). The minimum Gasteiger partial charge on any atom is -0.373 e. The van der Waals surface area contributed by atoms with E-state index in [0.29, 0.717) is 17.1 Å². The van der Waals surface area contributed by atoms with Crippen molar-refractivity contribution in [2.24, 2.45) is 0 Å². The zero-order chi connectivity index (χ0) is 22.5. The van der Waals surface area contributed by atoms with Gasteiger partial charge in [0, 0.05) is 24.9 Å². The first-order valence-electron chi connectivity index (χ1n) is 10.7. The summed E-state index contributed by atoms with van der Waals surface area (Å²) in [6, 6.07) is 6.95. The Morgan fingerprint density at radius 1 is 1.19 bits per heavy atom. The van der Waals surface area contributed by atoms with E-state index in [2.05, 4.69) is 25.4 Å².